The van der Waals surface area contributed by atoms with Crippen molar-refractivity contribution in [3.05, 3.63) is 23.8 Å². The number of methoxy groups -OCH3 is 1. The Kier molecular flexibility index (Phi) is 5.21. The molecule has 0 aromatic heterocycles. The standard InChI is InChI=1S/C15H23NO3/c1-10(2)16(5)15(17)12-7-8-13(19-11(3)4)14(9-12)18-6/h7-11H,1-6H3. The number of ether oxygens (including phenoxy) is 2. The Hall–Kier alpha value is -1.71. The van der Waals surface area contributed by atoms with Gasteiger partial charge >= 0.3 is 0 Å². The van der Waals surface area contributed by atoms with Crippen molar-refractivity contribution in [2.75, 3.05) is 14.2 Å². The molecule has 0 saturated heterocycles. The monoisotopic (exact) mass is 265 g/mol. The van der Waals surface area contributed by atoms with Crippen molar-refractivity contribution in [2.24, 2.45) is 0 Å². The van der Waals surface area contributed by atoms with E-state index >= 15 is 0 Å². The Morgan fingerprint density at radius 1 is 1.16 bits per heavy atom. The number of nitrogens with zero attached hydrogens (tertiary/aromatic N) is 1. The van der Waals surface area contributed by atoms with E-state index in [4.69, 9.17) is 9.47 Å². The Balaban J connectivity index is 3.03. The van der Waals surface area contributed by atoms with Gasteiger partial charge in [-0.1, -0.05) is 0 Å². The molecule has 0 bridgehead atoms. The van der Waals surface area contributed by atoms with Crippen molar-refractivity contribution >= 4 is 5.91 Å². The SMILES string of the molecule is COc1cc(C(=O)N(C)C(C)C)ccc1OC(C)C. The molecule has 0 unspecified atom stereocenters. The molecule has 106 valence electrons. The first-order chi connectivity index (χ1) is 8.86. The zero-order valence-corrected chi connectivity index (χ0v) is 12.6. The number of amides is 1. The molecule has 1 rings (SSSR count). The van der Waals surface area contributed by atoms with Gasteiger partial charge in [-0.05, 0) is 45.9 Å². The predicted molar refractivity (Wildman–Crippen MR) is 76.0 cm³/mol. The van der Waals surface area contributed by atoms with E-state index in [9.17, 15) is 4.79 Å². The molecule has 1 aromatic rings. The molecule has 0 saturated carbocycles. The summed E-state index contributed by atoms with van der Waals surface area (Å²) < 4.78 is 10.9. The predicted octanol–water partition coefficient (Wildman–Crippen LogP) is 2.96. The highest BCUT2D eigenvalue weighted by molar-refractivity contribution is 5.94. The third-order valence-electron chi connectivity index (χ3n) is 2.87. The van der Waals surface area contributed by atoms with Gasteiger partial charge in [0.05, 0.1) is 13.2 Å². The molecule has 1 aromatic carbocycles. The summed E-state index contributed by atoms with van der Waals surface area (Å²) in [6, 6.07) is 5.42. The minimum absolute atomic E-state index is 0.0237. The second-order valence-electron chi connectivity index (χ2n) is 5.04. The molecule has 0 aliphatic carbocycles. The number of rotatable bonds is 5. The van der Waals surface area contributed by atoms with Crippen LogP contribution in [-0.2, 0) is 0 Å². The van der Waals surface area contributed by atoms with Crippen LogP contribution in [0, 0.1) is 0 Å². The van der Waals surface area contributed by atoms with Crippen LogP contribution in [0.15, 0.2) is 18.2 Å². The molecular formula is C15H23NO3. The Labute approximate surface area is 115 Å². The van der Waals surface area contributed by atoms with Crippen LogP contribution in [0.3, 0.4) is 0 Å². The van der Waals surface area contributed by atoms with Crippen LogP contribution >= 0.6 is 0 Å². The first kappa shape index (κ1) is 15.3. The normalized spacial score (nSPS) is 10.7. The highest BCUT2D eigenvalue weighted by Gasteiger charge is 2.17. The van der Waals surface area contributed by atoms with E-state index in [0.717, 1.165) is 0 Å². The van der Waals surface area contributed by atoms with Crippen molar-refractivity contribution < 1.29 is 14.3 Å². The van der Waals surface area contributed by atoms with Gasteiger partial charge in [-0.3, -0.25) is 4.79 Å². The summed E-state index contributed by atoms with van der Waals surface area (Å²) in [7, 11) is 3.36. The van der Waals surface area contributed by atoms with Gasteiger partial charge in [0.2, 0.25) is 0 Å². The van der Waals surface area contributed by atoms with Crippen LogP contribution < -0.4 is 9.47 Å². The largest absolute Gasteiger partial charge is 0.493 e. The third-order valence-corrected chi connectivity index (χ3v) is 2.87. The highest BCUT2D eigenvalue weighted by Crippen LogP contribution is 2.29. The van der Waals surface area contributed by atoms with Crippen LogP contribution in [0.25, 0.3) is 0 Å². The van der Waals surface area contributed by atoms with Crippen LogP contribution in [0.1, 0.15) is 38.1 Å². The van der Waals surface area contributed by atoms with Gasteiger partial charge in [-0.2, -0.15) is 0 Å². The quantitative estimate of drug-likeness (QED) is 0.821. The molecule has 0 atom stereocenters. The second kappa shape index (κ2) is 6.45. The van der Waals surface area contributed by atoms with Gasteiger partial charge in [0.25, 0.3) is 5.91 Å². The fraction of sp³-hybridized carbons (Fsp3) is 0.533. The maximum Gasteiger partial charge on any atom is 0.253 e. The van der Waals surface area contributed by atoms with Gasteiger partial charge in [0.1, 0.15) is 0 Å². The number of carbonyl (C=O) groups excluding carboxylic acids is 1. The lowest BCUT2D eigenvalue weighted by atomic mass is 10.1. The van der Waals surface area contributed by atoms with Gasteiger partial charge in [-0.15, -0.1) is 0 Å². The number of benzene rings is 1. The Bertz CT molecular complexity index is 441. The van der Waals surface area contributed by atoms with E-state index in [1.54, 1.807) is 37.3 Å². The lowest BCUT2D eigenvalue weighted by molar-refractivity contribution is 0.0754. The minimum atomic E-state index is -0.0237. The van der Waals surface area contributed by atoms with Crippen molar-refractivity contribution in [3.63, 3.8) is 0 Å². The molecular weight excluding hydrogens is 242 g/mol. The molecule has 0 aliphatic heterocycles. The lowest BCUT2D eigenvalue weighted by Gasteiger charge is -2.22. The zero-order valence-electron chi connectivity index (χ0n) is 12.6. The van der Waals surface area contributed by atoms with Crippen LogP contribution in [0.2, 0.25) is 0 Å². The average molecular weight is 265 g/mol. The summed E-state index contributed by atoms with van der Waals surface area (Å²) in [5.74, 6) is 1.21. The molecule has 0 aliphatic rings. The zero-order chi connectivity index (χ0) is 14.6. The average Bonchev–Trinajstić information content (AvgIpc) is 2.36. The fourth-order valence-corrected chi connectivity index (χ4v) is 1.59. The maximum atomic E-state index is 12.2. The smallest absolute Gasteiger partial charge is 0.253 e. The summed E-state index contributed by atoms with van der Waals surface area (Å²) in [4.78, 5) is 13.9. The summed E-state index contributed by atoms with van der Waals surface area (Å²) in [5.41, 5.74) is 0.601. The summed E-state index contributed by atoms with van der Waals surface area (Å²) in [6.07, 6.45) is 0.0637. The molecule has 4 nitrogen and oxygen atoms in total. The van der Waals surface area contributed by atoms with Crippen LogP contribution in [0.4, 0.5) is 0 Å². The summed E-state index contributed by atoms with van der Waals surface area (Å²) >= 11 is 0. The van der Waals surface area contributed by atoms with Crippen LogP contribution in [-0.4, -0.2) is 37.1 Å². The van der Waals surface area contributed by atoms with E-state index < -0.39 is 0 Å². The maximum absolute atomic E-state index is 12.2. The topological polar surface area (TPSA) is 38.8 Å². The van der Waals surface area contributed by atoms with Gasteiger partial charge in [0, 0.05) is 18.7 Å². The van der Waals surface area contributed by atoms with Gasteiger partial charge < -0.3 is 14.4 Å². The van der Waals surface area contributed by atoms with Gasteiger partial charge in [-0.25, -0.2) is 0 Å². The number of carbonyl (C=O) groups is 1. The van der Waals surface area contributed by atoms with E-state index in [1.807, 2.05) is 27.7 Å². The minimum Gasteiger partial charge on any atom is -0.493 e. The van der Waals surface area contributed by atoms with Crippen molar-refractivity contribution in [2.45, 2.75) is 39.8 Å². The van der Waals surface area contributed by atoms with E-state index in [0.29, 0.717) is 17.1 Å². The van der Waals surface area contributed by atoms with E-state index in [1.165, 1.54) is 0 Å². The number of hydrogen-bond donors (Lipinski definition) is 0. The first-order valence-corrected chi connectivity index (χ1v) is 6.48. The Morgan fingerprint density at radius 3 is 2.26 bits per heavy atom. The molecule has 0 spiro atoms. The van der Waals surface area contributed by atoms with Crippen molar-refractivity contribution in [3.8, 4) is 11.5 Å². The first-order valence-electron chi connectivity index (χ1n) is 6.48. The molecule has 0 N–H and O–H groups in total. The van der Waals surface area contributed by atoms with E-state index in [-0.39, 0.29) is 18.1 Å². The third kappa shape index (κ3) is 3.88. The highest BCUT2D eigenvalue weighted by atomic mass is 16.5. The van der Waals surface area contributed by atoms with Crippen molar-refractivity contribution in [1.82, 2.24) is 4.90 Å². The van der Waals surface area contributed by atoms with Gasteiger partial charge in [0.15, 0.2) is 11.5 Å². The number of hydrogen-bond acceptors (Lipinski definition) is 3. The summed E-state index contributed by atoms with van der Waals surface area (Å²) in [6.45, 7) is 7.85. The summed E-state index contributed by atoms with van der Waals surface area (Å²) in [5, 5.41) is 0. The molecule has 4 heteroatoms. The Morgan fingerprint density at radius 2 is 1.79 bits per heavy atom. The molecule has 0 heterocycles. The van der Waals surface area contributed by atoms with Crippen molar-refractivity contribution in [1.29, 1.82) is 0 Å². The molecule has 19 heavy (non-hydrogen) atoms. The molecule has 0 fully saturated rings. The van der Waals surface area contributed by atoms with E-state index in [2.05, 4.69) is 0 Å². The van der Waals surface area contributed by atoms with Crippen LogP contribution in [0.5, 0.6) is 11.5 Å². The fourth-order valence-electron chi connectivity index (χ4n) is 1.59. The second-order valence-corrected chi connectivity index (χ2v) is 5.04. The molecule has 1 amide bonds. The lowest BCUT2D eigenvalue weighted by Crippen LogP contribution is -2.32. The molecule has 0 radical (unpaired) electrons.